The number of para-hydroxylation sites is 1. The zero-order valence-electron chi connectivity index (χ0n) is 9.47. The molecule has 0 saturated heterocycles. The van der Waals surface area contributed by atoms with Crippen LogP contribution in [0.15, 0.2) is 36.5 Å². The van der Waals surface area contributed by atoms with Gasteiger partial charge in [-0.1, -0.05) is 29.8 Å². The first-order valence-corrected chi connectivity index (χ1v) is 5.70. The van der Waals surface area contributed by atoms with Crippen molar-refractivity contribution in [2.24, 2.45) is 0 Å². The summed E-state index contributed by atoms with van der Waals surface area (Å²) in [6.45, 7) is 2.78. The van der Waals surface area contributed by atoms with E-state index in [2.05, 4.69) is 9.97 Å². The monoisotopic (exact) mass is 248 g/mol. The SMILES string of the molecule is CCN(c1ccccc1)c1nc(N)ncc1Cl. The van der Waals surface area contributed by atoms with Crippen LogP contribution in [0.4, 0.5) is 17.5 Å². The molecule has 1 aromatic carbocycles. The average molecular weight is 249 g/mol. The van der Waals surface area contributed by atoms with Crippen LogP contribution >= 0.6 is 11.6 Å². The maximum atomic E-state index is 6.10. The first kappa shape index (κ1) is 11.7. The normalized spacial score (nSPS) is 10.2. The molecule has 0 unspecified atom stereocenters. The van der Waals surface area contributed by atoms with E-state index in [-0.39, 0.29) is 5.95 Å². The second-order valence-corrected chi connectivity index (χ2v) is 3.89. The minimum absolute atomic E-state index is 0.221. The lowest BCUT2D eigenvalue weighted by atomic mass is 10.3. The first-order valence-electron chi connectivity index (χ1n) is 5.33. The molecule has 2 N–H and O–H groups in total. The highest BCUT2D eigenvalue weighted by Crippen LogP contribution is 2.29. The molecule has 0 bridgehead atoms. The predicted octanol–water partition coefficient (Wildman–Crippen LogP) is 2.87. The van der Waals surface area contributed by atoms with Gasteiger partial charge >= 0.3 is 0 Å². The number of hydrogen-bond donors (Lipinski definition) is 1. The van der Waals surface area contributed by atoms with E-state index in [1.165, 1.54) is 6.20 Å². The summed E-state index contributed by atoms with van der Waals surface area (Å²) >= 11 is 6.10. The maximum Gasteiger partial charge on any atom is 0.222 e. The van der Waals surface area contributed by atoms with Gasteiger partial charge in [-0.3, -0.25) is 0 Å². The molecule has 17 heavy (non-hydrogen) atoms. The van der Waals surface area contributed by atoms with Crippen molar-refractivity contribution in [2.75, 3.05) is 17.2 Å². The van der Waals surface area contributed by atoms with Crippen LogP contribution in [-0.4, -0.2) is 16.5 Å². The molecule has 0 fully saturated rings. The highest BCUT2D eigenvalue weighted by Gasteiger charge is 2.13. The summed E-state index contributed by atoms with van der Waals surface area (Å²) in [5, 5.41) is 0.491. The Hall–Kier alpha value is -1.81. The van der Waals surface area contributed by atoms with Gasteiger partial charge in [0.25, 0.3) is 0 Å². The lowest BCUT2D eigenvalue weighted by Crippen LogP contribution is -2.18. The van der Waals surface area contributed by atoms with E-state index in [0.29, 0.717) is 10.8 Å². The molecule has 2 rings (SSSR count). The van der Waals surface area contributed by atoms with Gasteiger partial charge in [0.1, 0.15) is 5.02 Å². The van der Waals surface area contributed by atoms with Gasteiger partial charge in [-0.15, -0.1) is 0 Å². The standard InChI is InChI=1S/C12H13ClN4/c1-2-17(9-6-4-3-5-7-9)11-10(13)8-15-12(14)16-11/h3-8H,2H2,1H3,(H2,14,15,16). The Morgan fingerprint density at radius 3 is 2.65 bits per heavy atom. The summed E-state index contributed by atoms with van der Waals surface area (Å²) in [6, 6.07) is 9.90. The van der Waals surface area contributed by atoms with Crippen LogP contribution < -0.4 is 10.6 Å². The van der Waals surface area contributed by atoms with Crippen LogP contribution in [0.2, 0.25) is 5.02 Å². The zero-order chi connectivity index (χ0) is 12.3. The van der Waals surface area contributed by atoms with Crippen molar-refractivity contribution in [3.05, 3.63) is 41.6 Å². The Bertz CT molecular complexity index is 501. The number of halogens is 1. The predicted molar refractivity (Wildman–Crippen MR) is 70.6 cm³/mol. The molecule has 0 saturated carbocycles. The molecule has 88 valence electrons. The van der Waals surface area contributed by atoms with Crippen LogP contribution in [-0.2, 0) is 0 Å². The van der Waals surface area contributed by atoms with Gasteiger partial charge in [-0.05, 0) is 19.1 Å². The molecule has 0 amide bonds. The molecule has 0 radical (unpaired) electrons. The van der Waals surface area contributed by atoms with Crippen LogP contribution in [0.5, 0.6) is 0 Å². The number of rotatable bonds is 3. The summed E-state index contributed by atoms with van der Waals surface area (Å²) in [6.07, 6.45) is 1.52. The summed E-state index contributed by atoms with van der Waals surface area (Å²) in [5.74, 6) is 0.853. The second kappa shape index (κ2) is 5.01. The summed E-state index contributed by atoms with van der Waals surface area (Å²) in [7, 11) is 0. The van der Waals surface area contributed by atoms with Gasteiger partial charge in [-0.25, -0.2) is 4.98 Å². The Morgan fingerprint density at radius 1 is 1.29 bits per heavy atom. The smallest absolute Gasteiger partial charge is 0.222 e. The van der Waals surface area contributed by atoms with Crippen LogP contribution in [0.25, 0.3) is 0 Å². The Labute approximate surface area is 105 Å². The molecule has 0 aliphatic rings. The number of nitrogens with zero attached hydrogens (tertiary/aromatic N) is 3. The van der Waals surface area contributed by atoms with Crippen LogP contribution in [0.1, 0.15) is 6.92 Å². The van der Waals surface area contributed by atoms with E-state index in [9.17, 15) is 0 Å². The van der Waals surface area contributed by atoms with Crippen molar-refractivity contribution in [3.63, 3.8) is 0 Å². The Morgan fingerprint density at radius 2 is 2.00 bits per heavy atom. The largest absolute Gasteiger partial charge is 0.368 e. The van der Waals surface area contributed by atoms with Crippen molar-refractivity contribution in [2.45, 2.75) is 6.92 Å². The fourth-order valence-electron chi connectivity index (χ4n) is 1.62. The van der Waals surface area contributed by atoms with Crippen LogP contribution in [0, 0.1) is 0 Å². The molecule has 5 heteroatoms. The molecule has 0 aliphatic carbocycles. The third-order valence-electron chi connectivity index (χ3n) is 2.38. The van der Waals surface area contributed by atoms with Crippen molar-refractivity contribution < 1.29 is 0 Å². The fraction of sp³-hybridized carbons (Fsp3) is 0.167. The molecule has 1 aromatic heterocycles. The number of aromatic nitrogens is 2. The van der Waals surface area contributed by atoms with Gasteiger partial charge < -0.3 is 10.6 Å². The third-order valence-corrected chi connectivity index (χ3v) is 2.65. The Balaban J connectivity index is 2.46. The number of nitrogen functional groups attached to an aromatic ring is 1. The van der Waals surface area contributed by atoms with E-state index < -0.39 is 0 Å². The molecule has 1 heterocycles. The minimum atomic E-state index is 0.221. The van der Waals surface area contributed by atoms with Gasteiger partial charge in [0, 0.05) is 12.2 Å². The van der Waals surface area contributed by atoms with Gasteiger partial charge in [0.05, 0.1) is 6.20 Å². The van der Waals surface area contributed by atoms with Gasteiger partial charge in [0.2, 0.25) is 5.95 Å². The summed E-state index contributed by atoms with van der Waals surface area (Å²) in [5.41, 5.74) is 6.61. The molecular formula is C12H13ClN4. The average Bonchev–Trinajstić information content (AvgIpc) is 2.36. The molecule has 4 nitrogen and oxygen atoms in total. The van der Waals surface area contributed by atoms with Gasteiger partial charge in [-0.2, -0.15) is 4.98 Å². The minimum Gasteiger partial charge on any atom is -0.368 e. The van der Waals surface area contributed by atoms with Crippen molar-refractivity contribution in [1.82, 2.24) is 9.97 Å². The zero-order valence-corrected chi connectivity index (χ0v) is 10.2. The molecule has 2 aromatic rings. The van der Waals surface area contributed by atoms with E-state index in [4.69, 9.17) is 17.3 Å². The first-order chi connectivity index (χ1) is 8.22. The number of hydrogen-bond acceptors (Lipinski definition) is 4. The van der Waals surface area contributed by atoms with Crippen molar-refractivity contribution in [3.8, 4) is 0 Å². The molecule has 0 aliphatic heterocycles. The fourth-order valence-corrected chi connectivity index (χ4v) is 1.82. The summed E-state index contributed by atoms with van der Waals surface area (Å²) < 4.78 is 0. The lowest BCUT2D eigenvalue weighted by Gasteiger charge is -2.22. The highest BCUT2D eigenvalue weighted by molar-refractivity contribution is 6.33. The van der Waals surface area contributed by atoms with Crippen molar-refractivity contribution >= 4 is 29.1 Å². The highest BCUT2D eigenvalue weighted by atomic mass is 35.5. The van der Waals surface area contributed by atoms with E-state index in [1.807, 2.05) is 42.2 Å². The number of anilines is 3. The maximum absolute atomic E-state index is 6.10. The molecular weight excluding hydrogens is 236 g/mol. The van der Waals surface area contributed by atoms with E-state index >= 15 is 0 Å². The molecule has 0 spiro atoms. The quantitative estimate of drug-likeness (QED) is 0.908. The molecule has 0 atom stereocenters. The van der Waals surface area contributed by atoms with Crippen LogP contribution in [0.3, 0.4) is 0 Å². The Kier molecular flexibility index (Phi) is 3.44. The number of benzene rings is 1. The van der Waals surface area contributed by atoms with E-state index in [1.54, 1.807) is 0 Å². The van der Waals surface area contributed by atoms with Crippen molar-refractivity contribution in [1.29, 1.82) is 0 Å². The summed E-state index contributed by atoms with van der Waals surface area (Å²) in [4.78, 5) is 10.0. The topological polar surface area (TPSA) is 55.0 Å². The van der Waals surface area contributed by atoms with Gasteiger partial charge in [0.15, 0.2) is 5.82 Å². The second-order valence-electron chi connectivity index (χ2n) is 3.48. The third kappa shape index (κ3) is 2.47. The lowest BCUT2D eigenvalue weighted by molar-refractivity contribution is 0.981. The van der Waals surface area contributed by atoms with E-state index in [0.717, 1.165) is 12.2 Å². The number of nitrogens with two attached hydrogens (primary N) is 1.